The second-order valence-electron chi connectivity index (χ2n) is 12.3. The molecule has 0 spiro atoms. The highest BCUT2D eigenvalue weighted by Crippen LogP contribution is 2.32. The van der Waals surface area contributed by atoms with E-state index in [1.165, 1.54) is 6.08 Å². The van der Waals surface area contributed by atoms with Gasteiger partial charge in [-0.15, -0.1) is 0 Å². The number of fused-ring (bicyclic) bond motifs is 1. The summed E-state index contributed by atoms with van der Waals surface area (Å²) < 4.78 is 41.2. The highest BCUT2D eigenvalue weighted by atomic mass is 32.1. The summed E-state index contributed by atoms with van der Waals surface area (Å²) in [6.45, 7) is 3.85. The Balaban J connectivity index is 1.27. The molecular formula is C43H40F2N2O4S. The van der Waals surface area contributed by atoms with Crippen molar-refractivity contribution in [2.24, 2.45) is 10.2 Å². The summed E-state index contributed by atoms with van der Waals surface area (Å²) in [5, 5.41) is 10.7. The molecule has 0 amide bonds. The van der Waals surface area contributed by atoms with E-state index in [-0.39, 0.29) is 11.5 Å². The third-order valence-electron chi connectivity index (χ3n) is 8.28. The Morgan fingerprint density at radius 3 is 2.29 bits per heavy atom. The molecule has 0 aliphatic carbocycles. The number of hydrogen-bond acceptors (Lipinski definition) is 7. The van der Waals surface area contributed by atoms with E-state index in [1.54, 1.807) is 43.6 Å². The molecule has 0 saturated heterocycles. The molecule has 0 radical (unpaired) electrons. The molecule has 0 aliphatic heterocycles. The van der Waals surface area contributed by atoms with Crippen LogP contribution in [0.15, 0.2) is 107 Å². The van der Waals surface area contributed by atoms with Gasteiger partial charge in [0.15, 0.2) is 11.6 Å². The van der Waals surface area contributed by atoms with Gasteiger partial charge in [0.25, 0.3) is 0 Å². The second-order valence-corrected chi connectivity index (χ2v) is 12.8. The van der Waals surface area contributed by atoms with E-state index in [9.17, 15) is 9.59 Å². The van der Waals surface area contributed by atoms with Gasteiger partial charge in [-0.05, 0) is 119 Å². The Morgan fingerprint density at radius 1 is 0.788 bits per heavy atom. The van der Waals surface area contributed by atoms with Crippen molar-refractivity contribution in [1.29, 1.82) is 0 Å². The Bertz CT molecular complexity index is 2120. The Kier molecular flexibility index (Phi) is 13.6. The fraction of sp³-hybridized carbons (Fsp3) is 0.209. The van der Waals surface area contributed by atoms with Gasteiger partial charge in [0.1, 0.15) is 5.75 Å². The number of carbonyl (C=O) groups excluding carboxylic acids is 2. The Morgan fingerprint density at radius 2 is 1.54 bits per heavy atom. The topological polar surface area (TPSA) is 77.3 Å². The van der Waals surface area contributed by atoms with Gasteiger partial charge in [0.05, 0.1) is 12.4 Å². The average Bonchev–Trinajstić information content (AvgIpc) is 3.13. The van der Waals surface area contributed by atoms with Crippen LogP contribution < -0.4 is 9.47 Å². The zero-order valence-electron chi connectivity index (χ0n) is 29.1. The molecular weight excluding hydrogens is 679 g/mol. The van der Waals surface area contributed by atoms with Crippen molar-refractivity contribution in [3.05, 3.63) is 137 Å². The molecule has 9 heteroatoms. The standard InChI is InChI=1S/C43H40F2N2O4S/c1-3-9-30-14-18-37(36(23-30)28-47-46-27-32-13-17-33-10-6-7-11-34(33)24-32)35-25-38(44)43(39(45)26-35)51-42(49)20-16-31-15-19-40(29(2)22-31)50-41(48)12-5-4-8-21-52/h6-7,10-11,13-20,22-28,52H,3-5,8-9,12,21H2,1-2H3/b20-16+,46-27+,47-28+. The lowest BCUT2D eigenvalue weighted by molar-refractivity contribution is -0.134. The molecule has 5 aromatic rings. The lowest BCUT2D eigenvalue weighted by Crippen LogP contribution is -2.08. The predicted molar refractivity (Wildman–Crippen MR) is 209 cm³/mol. The minimum absolute atomic E-state index is 0.252. The van der Waals surface area contributed by atoms with Crippen molar-refractivity contribution >= 4 is 53.8 Å². The first-order valence-corrected chi connectivity index (χ1v) is 17.9. The lowest BCUT2D eigenvalue weighted by atomic mass is 9.96. The average molecular weight is 719 g/mol. The number of unbranched alkanes of at least 4 members (excludes halogenated alkanes) is 2. The molecule has 5 rings (SSSR count). The number of thiol groups is 1. The normalized spacial score (nSPS) is 11.6. The van der Waals surface area contributed by atoms with Gasteiger partial charge in [-0.2, -0.15) is 22.8 Å². The monoisotopic (exact) mass is 718 g/mol. The molecule has 0 heterocycles. The number of esters is 2. The summed E-state index contributed by atoms with van der Waals surface area (Å²) in [5.74, 6) is -2.93. The zero-order valence-corrected chi connectivity index (χ0v) is 30.0. The third kappa shape index (κ3) is 10.6. The second kappa shape index (κ2) is 18.7. The summed E-state index contributed by atoms with van der Waals surface area (Å²) in [6.07, 6.45) is 10.4. The summed E-state index contributed by atoms with van der Waals surface area (Å²) >= 11 is 4.17. The van der Waals surface area contributed by atoms with Gasteiger partial charge in [-0.3, -0.25) is 4.79 Å². The quantitative estimate of drug-likeness (QED) is 0.0222. The molecule has 0 aliphatic rings. The minimum Gasteiger partial charge on any atom is -0.426 e. The number of hydrogen-bond donors (Lipinski definition) is 1. The van der Waals surface area contributed by atoms with Gasteiger partial charge < -0.3 is 9.47 Å². The van der Waals surface area contributed by atoms with Crippen LogP contribution in [0.25, 0.3) is 28.0 Å². The number of benzene rings is 5. The fourth-order valence-electron chi connectivity index (χ4n) is 5.64. The van der Waals surface area contributed by atoms with E-state index in [2.05, 4.69) is 29.8 Å². The van der Waals surface area contributed by atoms with Crippen LogP contribution >= 0.6 is 12.6 Å². The molecule has 5 aromatic carbocycles. The van der Waals surface area contributed by atoms with Gasteiger partial charge in [0.2, 0.25) is 5.75 Å². The number of aryl methyl sites for hydroxylation is 2. The van der Waals surface area contributed by atoms with Crippen LogP contribution in [-0.4, -0.2) is 30.1 Å². The van der Waals surface area contributed by atoms with E-state index in [0.29, 0.717) is 34.4 Å². The first kappa shape index (κ1) is 37.8. The summed E-state index contributed by atoms with van der Waals surface area (Å²) in [4.78, 5) is 24.8. The fourth-order valence-corrected chi connectivity index (χ4v) is 5.87. The van der Waals surface area contributed by atoms with Gasteiger partial charge in [-0.25, -0.2) is 13.6 Å². The van der Waals surface area contributed by atoms with Gasteiger partial charge >= 0.3 is 11.9 Å². The Labute approximate surface area is 308 Å². The Hall–Kier alpha value is -5.41. The van der Waals surface area contributed by atoms with Crippen molar-refractivity contribution in [2.75, 3.05) is 5.75 Å². The molecule has 0 saturated carbocycles. The van der Waals surface area contributed by atoms with E-state index in [0.717, 1.165) is 78.0 Å². The van der Waals surface area contributed by atoms with Crippen molar-refractivity contribution in [2.45, 2.75) is 52.4 Å². The van der Waals surface area contributed by atoms with Crippen LogP contribution in [0.2, 0.25) is 0 Å². The number of nitrogens with zero attached hydrogens (tertiary/aromatic N) is 2. The van der Waals surface area contributed by atoms with Crippen LogP contribution in [-0.2, 0) is 16.0 Å². The number of halogens is 2. The molecule has 0 atom stereocenters. The van der Waals surface area contributed by atoms with E-state index in [4.69, 9.17) is 9.47 Å². The summed E-state index contributed by atoms with van der Waals surface area (Å²) in [7, 11) is 0. The van der Waals surface area contributed by atoms with Crippen LogP contribution in [0.4, 0.5) is 8.78 Å². The van der Waals surface area contributed by atoms with Crippen LogP contribution in [0.3, 0.4) is 0 Å². The highest BCUT2D eigenvalue weighted by molar-refractivity contribution is 7.80. The smallest absolute Gasteiger partial charge is 0.336 e. The van der Waals surface area contributed by atoms with Crippen molar-refractivity contribution in [3.63, 3.8) is 0 Å². The van der Waals surface area contributed by atoms with Crippen LogP contribution in [0, 0.1) is 18.6 Å². The van der Waals surface area contributed by atoms with E-state index in [1.807, 2.05) is 54.6 Å². The maximum absolute atomic E-state index is 15.3. The molecule has 266 valence electrons. The molecule has 0 N–H and O–H groups in total. The molecule has 52 heavy (non-hydrogen) atoms. The van der Waals surface area contributed by atoms with Gasteiger partial charge in [-0.1, -0.05) is 74.4 Å². The first-order valence-electron chi connectivity index (χ1n) is 17.2. The lowest BCUT2D eigenvalue weighted by Gasteiger charge is -2.11. The molecule has 0 aromatic heterocycles. The van der Waals surface area contributed by atoms with Crippen LogP contribution in [0.1, 0.15) is 66.8 Å². The maximum Gasteiger partial charge on any atom is 0.336 e. The summed E-state index contributed by atoms with van der Waals surface area (Å²) in [6, 6.07) is 26.9. The largest absolute Gasteiger partial charge is 0.426 e. The predicted octanol–water partition coefficient (Wildman–Crippen LogP) is 10.5. The SMILES string of the molecule is CCCc1ccc(-c2cc(F)c(OC(=O)/C=C/c3ccc(OC(=O)CCCCCS)c(C)c3)c(F)c2)c(/C=N/N=C/c2ccc3ccccc3c2)c1. The van der Waals surface area contributed by atoms with E-state index < -0.39 is 23.4 Å². The molecule has 6 nitrogen and oxygen atoms in total. The van der Waals surface area contributed by atoms with Gasteiger partial charge in [0, 0.05) is 18.1 Å². The number of carbonyl (C=O) groups is 2. The maximum atomic E-state index is 15.3. The van der Waals surface area contributed by atoms with E-state index >= 15 is 8.78 Å². The zero-order chi connectivity index (χ0) is 36.9. The molecule has 0 unspecified atom stereocenters. The number of rotatable bonds is 15. The summed E-state index contributed by atoms with van der Waals surface area (Å²) in [5.41, 5.74) is 4.66. The number of ether oxygens (including phenoxy) is 2. The minimum atomic E-state index is -1.03. The molecule has 0 bridgehead atoms. The first-order chi connectivity index (χ1) is 25.2. The van der Waals surface area contributed by atoms with Crippen LogP contribution in [0.5, 0.6) is 11.5 Å². The van der Waals surface area contributed by atoms with Crippen molar-refractivity contribution in [3.8, 4) is 22.6 Å². The highest BCUT2D eigenvalue weighted by Gasteiger charge is 2.18. The molecule has 0 fully saturated rings. The van der Waals surface area contributed by atoms with Crippen molar-refractivity contribution < 1.29 is 27.8 Å². The third-order valence-corrected chi connectivity index (χ3v) is 8.60. The van der Waals surface area contributed by atoms with Crippen molar-refractivity contribution in [1.82, 2.24) is 0 Å².